The molecule has 24 heavy (non-hydrogen) atoms. The van der Waals surface area contributed by atoms with Gasteiger partial charge in [-0.3, -0.25) is 9.59 Å². The first kappa shape index (κ1) is 18.1. The second kappa shape index (κ2) is 8.54. The van der Waals surface area contributed by atoms with Crippen LogP contribution in [0.3, 0.4) is 0 Å². The third-order valence-corrected chi connectivity index (χ3v) is 4.08. The first-order chi connectivity index (χ1) is 11.4. The van der Waals surface area contributed by atoms with Gasteiger partial charge in [0.25, 0.3) is 0 Å². The van der Waals surface area contributed by atoms with E-state index in [1.165, 1.54) is 18.7 Å². The Morgan fingerprint density at radius 3 is 2.50 bits per heavy atom. The van der Waals surface area contributed by atoms with Gasteiger partial charge in [-0.25, -0.2) is 4.68 Å². The van der Waals surface area contributed by atoms with E-state index in [-0.39, 0.29) is 11.8 Å². The van der Waals surface area contributed by atoms with E-state index in [4.69, 9.17) is 0 Å². The van der Waals surface area contributed by atoms with Gasteiger partial charge in [-0.15, -0.1) is 11.8 Å². The Hall–Kier alpha value is -2.28. The molecule has 2 aromatic rings. The second-order valence-electron chi connectivity index (χ2n) is 5.83. The number of hydrogen-bond donors (Lipinski definition) is 2. The van der Waals surface area contributed by atoms with Crippen molar-refractivity contribution in [1.82, 2.24) is 9.78 Å². The van der Waals surface area contributed by atoms with E-state index in [0.717, 1.165) is 22.9 Å². The molecule has 0 fully saturated rings. The predicted octanol–water partition coefficient (Wildman–Crippen LogP) is 3.23. The number of carbonyl (C=O) groups excluding carboxylic acids is 2. The summed E-state index contributed by atoms with van der Waals surface area (Å²) in [4.78, 5) is 24.1. The molecule has 1 heterocycles. The van der Waals surface area contributed by atoms with Gasteiger partial charge in [-0.2, -0.15) is 5.10 Å². The standard InChI is InChI=1S/C17H22N4O2S/c1-12(2)10-21-16(8-9-18-21)20-17(23)11-24-15-6-4-14(5-7-15)19-13(3)22/h4-9,12H,10-11H2,1-3H3,(H,19,22)(H,20,23). The largest absolute Gasteiger partial charge is 0.326 e. The quantitative estimate of drug-likeness (QED) is 0.755. The van der Waals surface area contributed by atoms with Gasteiger partial charge in [0.2, 0.25) is 11.8 Å². The van der Waals surface area contributed by atoms with Crippen molar-refractivity contribution in [2.75, 3.05) is 16.4 Å². The number of aromatic nitrogens is 2. The Labute approximate surface area is 146 Å². The average Bonchev–Trinajstić information content (AvgIpc) is 2.92. The highest BCUT2D eigenvalue weighted by atomic mass is 32.2. The van der Waals surface area contributed by atoms with E-state index in [2.05, 4.69) is 29.6 Å². The molecular formula is C17H22N4O2S. The summed E-state index contributed by atoms with van der Waals surface area (Å²) in [6.07, 6.45) is 1.69. The zero-order valence-corrected chi connectivity index (χ0v) is 14.9. The Bertz CT molecular complexity index is 695. The first-order valence-corrected chi connectivity index (χ1v) is 8.74. The number of carbonyl (C=O) groups is 2. The van der Waals surface area contributed by atoms with Gasteiger partial charge < -0.3 is 10.6 Å². The molecule has 0 bridgehead atoms. The molecule has 1 aromatic carbocycles. The fourth-order valence-electron chi connectivity index (χ4n) is 2.10. The maximum absolute atomic E-state index is 12.1. The van der Waals surface area contributed by atoms with Crippen molar-refractivity contribution in [3.63, 3.8) is 0 Å². The lowest BCUT2D eigenvalue weighted by molar-refractivity contribution is -0.114. The maximum atomic E-state index is 12.1. The smallest absolute Gasteiger partial charge is 0.235 e. The summed E-state index contributed by atoms with van der Waals surface area (Å²) in [5, 5.41) is 9.82. The molecule has 0 aliphatic heterocycles. The number of hydrogen-bond acceptors (Lipinski definition) is 4. The molecule has 1 aromatic heterocycles. The highest BCUT2D eigenvalue weighted by Gasteiger charge is 2.09. The van der Waals surface area contributed by atoms with Crippen LogP contribution in [-0.2, 0) is 16.1 Å². The zero-order valence-electron chi connectivity index (χ0n) is 14.1. The molecule has 6 nitrogen and oxygen atoms in total. The third-order valence-electron chi connectivity index (χ3n) is 3.07. The lowest BCUT2D eigenvalue weighted by Crippen LogP contribution is -2.18. The molecule has 7 heteroatoms. The van der Waals surface area contributed by atoms with E-state index < -0.39 is 0 Å². The molecule has 128 valence electrons. The summed E-state index contributed by atoms with van der Waals surface area (Å²) < 4.78 is 1.80. The van der Waals surface area contributed by atoms with E-state index >= 15 is 0 Å². The second-order valence-corrected chi connectivity index (χ2v) is 6.88. The van der Waals surface area contributed by atoms with Crippen molar-refractivity contribution >= 4 is 35.1 Å². The summed E-state index contributed by atoms with van der Waals surface area (Å²) >= 11 is 1.44. The van der Waals surface area contributed by atoms with Gasteiger partial charge in [0.1, 0.15) is 5.82 Å². The minimum absolute atomic E-state index is 0.0727. The van der Waals surface area contributed by atoms with Crippen LogP contribution in [-0.4, -0.2) is 27.3 Å². The number of anilines is 2. The molecule has 2 N–H and O–H groups in total. The molecule has 0 aliphatic rings. The summed E-state index contributed by atoms with van der Waals surface area (Å²) in [6.45, 7) is 6.44. The van der Waals surface area contributed by atoms with Gasteiger partial charge >= 0.3 is 0 Å². The molecule has 0 saturated heterocycles. The van der Waals surface area contributed by atoms with Crippen molar-refractivity contribution < 1.29 is 9.59 Å². The van der Waals surface area contributed by atoms with Crippen LogP contribution < -0.4 is 10.6 Å². The Balaban J connectivity index is 1.85. The Morgan fingerprint density at radius 1 is 1.17 bits per heavy atom. The Morgan fingerprint density at radius 2 is 1.88 bits per heavy atom. The van der Waals surface area contributed by atoms with E-state index in [9.17, 15) is 9.59 Å². The topological polar surface area (TPSA) is 76.0 Å². The maximum Gasteiger partial charge on any atom is 0.235 e. The lowest BCUT2D eigenvalue weighted by Gasteiger charge is -2.11. The zero-order chi connectivity index (χ0) is 17.5. The number of thioether (sulfide) groups is 1. The van der Waals surface area contributed by atoms with Crippen molar-refractivity contribution in [1.29, 1.82) is 0 Å². The van der Waals surface area contributed by atoms with Crippen LogP contribution >= 0.6 is 11.8 Å². The van der Waals surface area contributed by atoms with Crippen LogP contribution in [0.5, 0.6) is 0 Å². The summed E-state index contributed by atoms with van der Waals surface area (Å²) in [7, 11) is 0. The SMILES string of the molecule is CC(=O)Nc1ccc(SCC(=O)Nc2ccnn2CC(C)C)cc1. The average molecular weight is 346 g/mol. The monoisotopic (exact) mass is 346 g/mol. The van der Waals surface area contributed by atoms with E-state index in [1.807, 2.05) is 24.3 Å². The molecule has 2 rings (SSSR count). The van der Waals surface area contributed by atoms with Crippen LogP contribution in [0.25, 0.3) is 0 Å². The fraction of sp³-hybridized carbons (Fsp3) is 0.353. The molecule has 0 unspecified atom stereocenters. The number of nitrogens with zero attached hydrogens (tertiary/aromatic N) is 2. The van der Waals surface area contributed by atoms with E-state index in [1.54, 1.807) is 16.9 Å². The fourth-order valence-corrected chi connectivity index (χ4v) is 2.79. The van der Waals surface area contributed by atoms with Crippen LogP contribution in [0.4, 0.5) is 11.5 Å². The highest BCUT2D eigenvalue weighted by molar-refractivity contribution is 8.00. The van der Waals surface area contributed by atoms with Crippen LogP contribution in [0, 0.1) is 5.92 Å². The van der Waals surface area contributed by atoms with Gasteiger partial charge in [0, 0.05) is 30.1 Å². The number of nitrogens with one attached hydrogen (secondary N) is 2. The van der Waals surface area contributed by atoms with Crippen molar-refractivity contribution in [3.05, 3.63) is 36.5 Å². The van der Waals surface area contributed by atoms with Gasteiger partial charge in [0.15, 0.2) is 0 Å². The Kier molecular flexibility index (Phi) is 6.43. The van der Waals surface area contributed by atoms with Crippen LogP contribution in [0.1, 0.15) is 20.8 Å². The summed E-state index contributed by atoms with van der Waals surface area (Å²) in [5.74, 6) is 1.31. The number of benzene rings is 1. The first-order valence-electron chi connectivity index (χ1n) is 7.76. The van der Waals surface area contributed by atoms with Crippen molar-refractivity contribution in [2.24, 2.45) is 5.92 Å². The minimum atomic E-state index is -0.104. The van der Waals surface area contributed by atoms with Gasteiger partial charge in [0.05, 0.1) is 11.9 Å². The van der Waals surface area contributed by atoms with Gasteiger partial charge in [-0.05, 0) is 30.2 Å². The lowest BCUT2D eigenvalue weighted by atomic mass is 10.2. The molecule has 2 amide bonds. The molecule has 0 saturated carbocycles. The van der Waals surface area contributed by atoms with Gasteiger partial charge in [-0.1, -0.05) is 13.8 Å². The molecular weight excluding hydrogens is 324 g/mol. The summed E-state index contributed by atoms with van der Waals surface area (Å²) in [6, 6.07) is 9.20. The van der Waals surface area contributed by atoms with Crippen molar-refractivity contribution in [2.45, 2.75) is 32.2 Å². The molecule has 0 spiro atoms. The van der Waals surface area contributed by atoms with E-state index in [0.29, 0.717) is 11.7 Å². The minimum Gasteiger partial charge on any atom is -0.326 e. The predicted molar refractivity (Wildman–Crippen MR) is 97.2 cm³/mol. The number of rotatable bonds is 7. The van der Waals surface area contributed by atoms with Crippen LogP contribution in [0.15, 0.2) is 41.4 Å². The molecule has 0 aliphatic carbocycles. The summed E-state index contributed by atoms with van der Waals surface area (Å²) in [5.41, 5.74) is 0.744. The van der Waals surface area contributed by atoms with Crippen LogP contribution in [0.2, 0.25) is 0 Å². The number of amides is 2. The van der Waals surface area contributed by atoms with Crippen molar-refractivity contribution in [3.8, 4) is 0 Å². The normalized spacial score (nSPS) is 10.7. The highest BCUT2D eigenvalue weighted by Crippen LogP contribution is 2.20. The molecule has 0 atom stereocenters. The third kappa shape index (κ3) is 5.73. The molecule has 0 radical (unpaired) electrons.